The smallest absolute Gasteiger partial charge is 0.168 e. The van der Waals surface area contributed by atoms with E-state index in [2.05, 4.69) is 18.2 Å². The van der Waals surface area contributed by atoms with Crippen LogP contribution in [0.1, 0.15) is 55.2 Å². The molecule has 0 saturated heterocycles. The molecule has 1 aromatic carbocycles. The Morgan fingerprint density at radius 2 is 1.85 bits per heavy atom. The van der Waals surface area contributed by atoms with Crippen molar-refractivity contribution in [1.29, 1.82) is 0 Å². The molecule has 3 rings (SSSR count). The van der Waals surface area contributed by atoms with Gasteiger partial charge in [0, 0.05) is 13.5 Å². The molecule has 0 bridgehead atoms. The number of carbonyl (C=O) groups is 1. The number of aryl methyl sites for hydroxylation is 2. The van der Waals surface area contributed by atoms with Gasteiger partial charge in [-0.05, 0) is 48.8 Å². The fraction of sp³-hybridized carbons (Fsp3) is 0.611. The Morgan fingerprint density at radius 3 is 2.60 bits per heavy atom. The van der Waals surface area contributed by atoms with E-state index < -0.39 is 5.60 Å². The molecule has 20 heavy (non-hydrogen) atoms. The summed E-state index contributed by atoms with van der Waals surface area (Å²) in [5.41, 5.74) is 3.58. The van der Waals surface area contributed by atoms with Gasteiger partial charge in [-0.25, -0.2) is 0 Å². The van der Waals surface area contributed by atoms with Gasteiger partial charge in [-0.2, -0.15) is 0 Å². The van der Waals surface area contributed by atoms with Crippen molar-refractivity contribution in [3.63, 3.8) is 0 Å². The maximum atomic E-state index is 12.7. The van der Waals surface area contributed by atoms with Crippen molar-refractivity contribution >= 4 is 5.78 Å². The third kappa shape index (κ3) is 2.54. The van der Waals surface area contributed by atoms with E-state index >= 15 is 0 Å². The van der Waals surface area contributed by atoms with Crippen LogP contribution in [0.2, 0.25) is 0 Å². The third-order valence-electron chi connectivity index (χ3n) is 5.09. The van der Waals surface area contributed by atoms with Crippen LogP contribution in [0.4, 0.5) is 0 Å². The molecule has 0 N–H and O–H groups in total. The molecular weight excluding hydrogens is 248 g/mol. The molecule has 0 atom stereocenters. The molecular formula is C18H24O2. The van der Waals surface area contributed by atoms with E-state index in [9.17, 15) is 4.79 Å². The minimum atomic E-state index is -0.503. The zero-order valence-electron chi connectivity index (χ0n) is 12.4. The summed E-state index contributed by atoms with van der Waals surface area (Å²) in [6.45, 7) is 0. The average molecular weight is 272 g/mol. The van der Waals surface area contributed by atoms with Crippen molar-refractivity contribution in [2.45, 2.75) is 63.4 Å². The lowest BCUT2D eigenvalue weighted by molar-refractivity contribution is -0.144. The summed E-state index contributed by atoms with van der Waals surface area (Å²) in [5, 5.41) is 0. The highest BCUT2D eigenvalue weighted by Gasteiger charge is 2.38. The zero-order valence-corrected chi connectivity index (χ0v) is 12.4. The predicted octanol–water partition coefficient (Wildman–Crippen LogP) is 3.64. The van der Waals surface area contributed by atoms with E-state index in [0.717, 1.165) is 31.2 Å². The van der Waals surface area contributed by atoms with Crippen LogP contribution in [0.25, 0.3) is 0 Å². The topological polar surface area (TPSA) is 26.3 Å². The minimum Gasteiger partial charge on any atom is -0.370 e. The molecule has 0 spiro atoms. The molecule has 0 aliphatic heterocycles. The fourth-order valence-corrected chi connectivity index (χ4v) is 3.80. The van der Waals surface area contributed by atoms with Gasteiger partial charge >= 0.3 is 0 Å². The van der Waals surface area contributed by atoms with E-state index in [1.807, 2.05) is 0 Å². The van der Waals surface area contributed by atoms with Gasteiger partial charge in [-0.1, -0.05) is 37.5 Å². The number of ketones is 1. The monoisotopic (exact) mass is 272 g/mol. The number of methoxy groups -OCH3 is 1. The first kappa shape index (κ1) is 13.8. The Morgan fingerprint density at radius 1 is 1.10 bits per heavy atom. The van der Waals surface area contributed by atoms with Crippen LogP contribution < -0.4 is 0 Å². The normalized spacial score (nSPS) is 20.6. The molecule has 0 unspecified atom stereocenters. The second-order valence-electron chi connectivity index (χ2n) is 6.32. The van der Waals surface area contributed by atoms with Crippen LogP contribution in [0.5, 0.6) is 0 Å². The van der Waals surface area contributed by atoms with E-state index in [0.29, 0.717) is 6.42 Å². The first-order valence-electron chi connectivity index (χ1n) is 7.93. The Hall–Kier alpha value is -1.15. The number of carbonyl (C=O) groups excluding carboxylic acids is 1. The molecule has 0 aromatic heterocycles. The second-order valence-corrected chi connectivity index (χ2v) is 6.32. The van der Waals surface area contributed by atoms with Crippen LogP contribution in [-0.2, 0) is 28.8 Å². The van der Waals surface area contributed by atoms with Crippen LogP contribution in [0, 0.1) is 0 Å². The Labute approximate surface area is 121 Å². The molecule has 0 radical (unpaired) electrons. The van der Waals surface area contributed by atoms with Crippen LogP contribution >= 0.6 is 0 Å². The second kappa shape index (κ2) is 5.69. The van der Waals surface area contributed by atoms with Crippen molar-refractivity contribution in [2.24, 2.45) is 0 Å². The molecule has 0 heterocycles. The largest absolute Gasteiger partial charge is 0.370 e. The summed E-state index contributed by atoms with van der Waals surface area (Å²) in [6, 6.07) is 6.59. The quantitative estimate of drug-likeness (QED) is 0.836. The summed E-state index contributed by atoms with van der Waals surface area (Å²) < 4.78 is 5.66. The number of hydrogen-bond donors (Lipinski definition) is 0. The molecule has 2 heteroatoms. The lowest BCUT2D eigenvalue weighted by Gasteiger charge is -2.34. The molecule has 0 amide bonds. The van der Waals surface area contributed by atoms with Gasteiger partial charge in [-0.15, -0.1) is 0 Å². The van der Waals surface area contributed by atoms with E-state index in [-0.39, 0.29) is 5.78 Å². The third-order valence-corrected chi connectivity index (χ3v) is 5.09. The van der Waals surface area contributed by atoms with Crippen molar-refractivity contribution in [3.05, 3.63) is 34.9 Å². The molecule has 1 fully saturated rings. The summed E-state index contributed by atoms with van der Waals surface area (Å²) in [4.78, 5) is 12.7. The maximum Gasteiger partial charge on any atom is 0.168 e. The molecule has 1 aromatic rings. The fourth-order valence-electron chi connectivity index (χ4n) is 3.80. The summed E-state index contributed by atoms with van der Waals surface area (Å²) in [7, 11) is 1.70. The van der Waals surface area contributed by atoms with Gasteiger partial charge in [0.2, 0.25) is 0 Å². The molecule has 2 aliphatic carbocycles. The number of rotatable bonds is 4. The van der Waals surface area contributed by atoms with Gasteiger partial charge in [0.15, 0.2) is 5.78 Å². The van der Waals surface area contributed by atoms with Gasteiger partial charge in [0.25, 0.3) is 0 Å². The van der Waals surface area contributed by atoms with Crippen LogP contribution in [0.15, 0.2) is 18.2 Å². The predicted molar refractivity (Wildman–Crippen MR) is 80.0 cm³/mol. The minimum absolute atomic E-state index is 0.276. The van der Waals surface area contributed by atoms with Crippen LogP contribution in [0.3, 0.4) is 0 Å². The van der Waals surface area contributed by atoms with E-state index in [4.69, 9.17) is 4.74 Å². The SMILES string of the molecule is COC1(C(=O)Cc2ccc3c(c2)CCC3)CCCCC1. The van der Waals surface area contributed by atoms with Crippen molar-refractivity contribution < 1.29 is 9.53 Å². The van der Waals surface area contributed by atoms with Crippen molar-refractivity contribution in [3.8, 4) is 0 Å². The number of Topliss-reactive ketones (excluding diaryl/α,β-unsaturated/α-hetero) is 1. The van der Waals surface area contributed by atoms with Gasteiger partial charge < -0.3 is 4.74 Å². The average Bonchev–Trinajstić information content (AvgIpc) is 2.95. The zero-order chi connectivity index (χ0) is 14.0. The number of fused-ring (bicyclic) bond motifs is 1. The Balaban J connectivity index is 1.74. The summed E-state index contributed by atoms with van der Waals surface area (Å²) in [6.07, 6.45) is 9.42. The highest BCUT2D eigenvalue weighted by atomic mass is 16.5. The Bertz CT molecular complexity index is 498. The highest BCUT2D eigenvalue weighted by molar-refractivity contribution is 5.89. The summed E-state index contributed by atoms with van der Waals surface area (Å²) >= 11 is 0. The van der Waals surface area contributed by atoms with E-state index in [1.54, 1.807) is 7.11 Å². The number of ether oxygens (including phenoxy) is 1. The first-order valence-corrected chi connectivity index (χ1v) is 7.93. The molecule has 2 aliphatic rings. The maximum absolute atomic E-state index is 12.7. The molecule has 2 nitrogen and oxygen atoms in total. The van der Waals surface area contributed by atoms with Gasteiger partial charge in [-0.3, -0.25) is 4.79 Å². The number of benzene rings is 1. The summed E-state index contributed by atoms with van der Waals surface area (Å²) in [5.74, 6) is 0.276. The van der Waals surface area contributed by atoms with Crippen molar-refractivity contribution in [2.75, 3.05) is 7.11 Å². The van der Waals surface area contributed by atoms with E-state index in [1.165, 1.54) is 36.8 Å². The lowest BCUT2D eigenvalue weighted by Crippen LogP contribution is -2.43. The molecule has 108 valence electrons. The first-order chi connectivity index (χ1) is 9.73. The van der Waals surface area contributed by atoms with Crippen LogP contribution in [-0.4, -0.2) is 18.5 Å². The highest BCUT2D eigenvalue weighted by Crippen LogP contribution is 2.33. The van der Waals surface area contributed by atoms with Gasteiger partial charge in [0.1, 0.15) is 5.60 Å². The molecule has 1 saturated carbocycles. The number of hydrogen-bond acceptors (Lipinski definition) is 2. The van der Waals surface area contributed by atoms with Gasteiger partial charge in [0.05, 0.1) is 0 Å². The standard InChI is InChI=1S/C18H24O2/c1-20-18(10-3-2-4-11-18)17(19)13-14-8-9-15-6-5-7-16(15)12-14/h8-9,12H,2-7,10-11,13H2,1H3. The Kier molecular flexibility index (Phi) is 3.93. The lowest BCUT2D eigenvalue weighted by atomic mass is 9.79. The van der Waals surface area contributed by atoms with Crippen molar-refractivity contribution in [1.82, 2.24) is 0 Å².